The van der Waals surface area contributed by atoms with Crippen molar-refractivity contribution in [2.24, 2.45) is 46.3 Å². The molecule has 3 fully saturated rings. The van der Waals surface area contributed by atoms with Gasteiger partial charge in [-0.05, 0) is 73.5 Å². The average Bonchev–Trinajstić information content (AvgIpc) is 3.11. The van der Waals surface area contributed by atoms with E-state index in [1.807, 2.05) is 12.2 Å². The highest BCUT2D eigenvalue weighted by Crippen LogP contribution is 2.69. The van der Waals surface area contributed by atoms with Gasteiger partial charge in [-0.15, -0.1) is 0 Å². The van der Waals surface area contributed by atoms with Gasteiger partial charge in [0.1, 0.15) is 6.10 Å². The zero-order valence-corrected chi connectivity index (χ0v) is 22.5. The molecule has 3 saturated carbocycles. The molecular formula is C30H48O4. The van der Waals surface area contributed by atoms with E-state index in [0.29, 0.717) is 30.1 Å². The molecule has 4 rings (SSSR count). The predicted molar refractivity (Wildman–Crippen MR) is 136 cm³/mol. The number of aliphatic hydroxyl groups is 2. The van der Waals surface area contributed by atoms with Crippen molar-refractivity contribution in [3.8, 4) is 0 Å². The third-order valence-electron chi connectivity index (χ3n) is 11.1. The van der Waals surface area contributed by atoms with Gasteiger partial charge in [0, 0.05) is 24.7 Å². The van der Waals surface area contributed by atoms with Crippen molar-refractivity contribution in [1.82, 2.24) is 0 Å². The van der Waals surface area contributed by atoms with Gasteiger partial charge in [-0.1, -0.05) is 65.8 Å². The Morgan fingerprint density at radius 1 is 0.971 bits per heavy atom. The number of hydrogen-bond acceptors (Lipinski definition) is 4. The fraction of sp³-hybridized carbons (Fsp3) is 0.833. The lowest BCUT2D eigenvalue weighted by atomic mass is 9.43. The van der Waals surface area contributed by atoms with Crippen molar-refractivity contribution in [1.29, 1.82) is 0 Å². The number of fused-ring (bicyclic) bond motifs is 5. The van der Waals surface area contributed by atoms with Crippen molar-refractivity contribution < 1.29 is 19.7 Å². The first-order valence-corrected chi connectivity index (χ1v) is 13.8. The number of carbonyl (C=O) groups excluding carboxylic acids is 1. The van der Waals surface area contributed by atoms with Gasteiger partial charge >= 0.3 is 5.97 Å². The maximum Gasteiger partial charge on any atom is 0.302 e. The molecule has 4 nitrogen and oxygen atoms in total. The Kier molecular flexibility index (Phi) is 6.69. The lowest BCUT2D eigenvalue weighted by Crippen LogP contribution is -2.67. The van der Waals surface area contributed by atoms with Crippen molar-refractivity contribution >= 4 is 5.97 Å². The van der Waals surface area contributed by atoms with Gasteiger partial charge < -0.3 is 14.9 Å². The minimum absolute atomic E-state index is 0.0249. The maximum atomic E-state index is 12.3. The molecular weight excluding hydrogens is 424 g/mol. The van der Waals surface area contributed by atoms with E-state index in [2.05, 4.69) is 53.7 Å². The summed E-state index contributed by atoms with van der Waals surface area (Å²) in [5.41, 5.74) is -2.24. The maximum absolute atomic E-state index is 12.3. The third kappa shape index (κ3) is 3.92. The molecule has 4 aliphatic rings. The fourth-order valence-corrected chi connectivity index (χ4v) is 8.64. The zero-order valence-electron chi connectivity index (χ0n) is 22.5. The van der Waals surface area contributed by atoms with Crippen molar-refractivity contribution in [3.05, 3.63) is 24.3 Å². The van der Waals surface area contributed by atoms with E-state index in [1.165, 1.54) is 6.92 Å². The van der Waals surface area contributed by atoms with Crippen LogP contribution in [0.5, 0.6) is 0 Å². The number of carbonyl (C=O) groups is 1. The molecule has 34 heavy (non-hydrogen) atoms. The molecule has 0 radical (unpaired) electrons. The molecule has 0 aliphatic heterocycles. The first-order valence-electron chi connectivity index (χ1n) is 13.8. The van der Waals surface area contributed by atoms with Crippen LogP contribution in [0.3, 0.4) is 0 Å². The average molecular weight is 473 g/mol. The standard InChI is InChI=1S/C30H48O4/c1-19(2)20(3)8-9-21(4)24-10-11-25-27(24,6)14-13-26-28(7)15-12-23(34-22(5)31)18-29(28,32)16-17-30(25,26)33/h8-9,16-17,19-21,23-26,32-33H,10-15,18H2,1-7H3/b9-8+/t20-,21-,23+,24+,25+,26+,27+,28+,29+,30+/m0/s1. The molecule has 0 amide bonds. The highest BCUT2D eigenvalue weighted by atomic mass is 16.5. The van der Waals surface area contributed by atoms with E-state index in [0.717, 1.165) is 38.5 Å². The van der Waals surface area contributed by atoms with Crippen molar-refractivity contribution in [2.45, 2.75) is 111 Å². The Morgan fingerprint density at radius 2 is 1.68 bits per heavy atom. The van der Waals surface area contributed by atoms with E-state index < -0.39 is 16.6 Å². The molecule has 2 N–H and O–H groups in total. The van der Waals surface area contributed by atoms with Gasteiger partial charge in [0.05, 0.1) is 11.2 Å². The highest BCUT2D eigenvalue weighted by Gasteiger charge is 2.68. The van der Waals surface area contributed by atoms with E-state index in [-0.39, 0.29) is 29.3 Å². The molecule has 0 spiro atoms. The van der Waals surface area contributed by atoms with E-state index in [1.54, 1.807) is 0 Å². The zero-order chi connectivity index (χ0) is 25.1. The number of esters is 1. The second kappa shape index (κ2) is 8.76. The number of allylic oxidation sites excluding steroid dienone is 2. The first-order chi connectivity index (χ1) is 15.8. The van der Waals surface area contributed by atoms with Crippen LogP contribution in [0.2, 0.25) is 0 Å². The Bertz CT molecular complexity index is 847. The van der Waals surface area contributed by atoms with Crippen molar-refractivity contribution in [3.63, 3.8) is 0 Å². The predicted octanol–water partition coefficient (Wildman–Crippen LogP) is 6.07. The van der Waals surface area contributed by atoms with E-state index in [9.17, 15) is 15.0 Å². The van der Waals surface area contributed by atoms with Crippen LogP contribution in [-0.2, 0) is 9.53 Å². The number of rotatable bonds is 5. The molecule has 0 saturated heterocycles. The van der Waals surface area contributed by atoms with Crippen LogP contribution >= 0.6 is 0 Å². The van der Waals surface area contributed by atoms with Crippen LogP contribution in [0.15, 0.2) is 24.3 Å². The van der Waals surface area contributed by atoms with E-state index in [4.69, 9.17) is 4.74 Å². The number of ether oxygens (including phenoxy) is 1. The second-order valence-electron chi connectivity index (χ2n) is 13.2. The summed E-state index contributed by atoms with van der Waals surface area (Å²) in [6, 6.07) is 0. The van der Waals surface area contributed by atoms with Crippen LogP contribution < -0.4 is 0 Å². The first kappa shape index (κ1) is 25.9. The molecule has 192 valence electrons. The van der Waals surface area contributed by atoms with Gasteiger partial charge in [-0.3, -0.25) is 4.79 Å². The largest absolute Gasteiger partial charge is 0.462 e. The topological polar surface area (TPSA) is 66.8 Å². The lowest BCUT2D eigenvalue weighted by Gasteiger charge is -2.64. The summed E-state index contributed by atoms with van der Waals surface area (Å²) in [6.45, 7) is 15.3. The minimum atomic E-state index is -1.04. The third-order valence-corrected chi connectivity index (χ3v) is 11.1. The summed E-state index contributed by atoms with van der Waals surface area (Å²) in [5.74, 6) is 2.24. The molecule has 0 aromatic carbocycles. The summed E-state index contributed by atoms with van der Waals surface area (Å²) in [5, 5.41) is 24.1. The Balaban J connectivity index is 1.60. The van der Waals surface area contributed by atoms with Gasteiger partial charge in [0.25, 0.3) is 0 Å². The molecule has 10 atom stereocenters. The van der Waals surface area contributed by atoms with Crippen LogP contribution in [0.4, 0.5) is 0 Å². The van der Waals surface area contributed by atoms with E-state index >= 15 is 0 Å². The highest BCUT2D eigenvalue weighted by molar-refractivity contribution is 5.66. The molecule has 0 aromatic heterocycles. The smallest absolute Gasteiger partial charge is 0.302 e. The molecule has 4 aliphatic carbocycles. The van der Waals surface area contributed by atoms with Crippen LogP contribution in [0.25, 0.3) is 0 Å². The quantitative estimate of drug-likeness (QED) is 0.377. The minimum Gasteiger partial charge on any atom is -0.462 e. The summed E-state index contributed by atoms with van der Waals surface area (Å²) in [7, 11) is 0. The Hall–Kier alpha value is -1.13. The van der Waals surface area contributed by atoms with Gasteiger partial charge in [0.2, 0.25) is 0 Å². The SMILES string of the molecule is CC(=O)O[C@@H]1CC[C@]2(C)[C@H]3CC[C@]4(C)[C@@H]([C@@H](C)/C=C/[C@H](C)C(C)C)CC[C@H]4[C@]3(O)C=C[C@@]2(O)C1. The molecule has 4 heteroatoms. The van der Waals surface area contributed by atoms with Crippen molar-refractivity contribution in [2.75, 3.05) is 0 Å². The summed E-state index contributed by atoms with van der Waals surface area (Å²) in [6.07, 6.45) is 14.6. The summed E-state index contributed by atoms with van der Waals surface area (Å²) < 4.78 is 5.49. The summed E-state index contributed by atoms with van der Waals surface area (Å²) in [4.78, 5) is 11.5. The lowest BCUT2D eigenvalue weighted by molar-refractivity contribution is -0.223. The Labute approximate surface area is 207 Å². The molecule has 0 bridgehead atoms. The summed E-state index contributed by atoms with van der Waals surface area (Å²) >= 11 is 0. The number of hydrogen-bond donors (Lipinski definition) is 2. The Morgan fingerprint density at radius 3 is 2.32 bits per heavy atom. The van der Waals surface area contributed by atoms with Gasteiger partial charge in [-0.25, -0.2) is 0 Å². The van der Waals surface area contributed by atoms with Crippen LogP contribution in [0.1, 0.15) is 93.4 Å². The monoisotopic (exact) mass is 472 g/mol. The van der Waals surface area contributed by atoms with Crippen LogP contribution in [0, 0.1) is 46.3 Å². The normalized spacial score (nSPS) is 47.7. The fourth-order valence-electron chi connectivity index (χ4n) is 8.64. The molecule has 0 unspecified atom stereocenters. The second-order valence-corrected chi connectivity index (χ2v) is 13.2. The van der Waals surface area contributed by atoms with Gasteiger partial charge in [0.15, 0.2) is 0 Å². The van der Waals surface area contributed by atoms with Gasteiger partial charge in [-0.2, -0.15) is 0 Å². The molecule has 0 aromatic rings. The van der Waals surface area contributed by atoms with Crippen LogP contribution in [-0.4, -0.2) is 33.5 Å². The molecule has 0 heterocycles.